The van der Waals surface area contributed by atoms with Crippen molar-refractivity contribution < 1.29 is 14.6 Å². The normalized spacial score (nSPS) is 22.7. The third-order valence-electron chi connectivity index (χ3n) is 3.50. The smallest absolute Gasteiger partial charge is 0.137 e. The molecule has 2 atom stereocenters. The fourth-order valence-electron chi connectivity index (χ4n) is 2.21. The van der Waals surface area contributed by atoms with Crippen LogP contribution in [0.5, 0.6) is 5.75 Å². The standard InChI is InChI=1S/C14H21NO3/c1-3-5-18-13-7-12(8-15-9-13)14(2,16)11-4-6-17-10-11/h7-9,11,16H,3-6,10H2,1-2H3. The molecule has 0 radical (unpaired) electrons. The van der Waals surface area contributed by atoms with Crippen LogP contribution in [0.4, 0.5) is 0 Å². The molecule has 0 aliphatic carbocycles. The molecule has 1 aromatic rings. The van der Waals surface area contributed by atoms with Gasteiger partial charge in [-0.2, -0.15) is 0 Å². The SMILES string of the molecule is CCCOc1cncc(C(C)(O)C2CCOC2)c1. The van der Waals surface area contributed by atoms with Gasteiger partial charge in [0.25, 0.3) is 0 Å². The van der Waals surface area contributed by atoms with Crippen molar-refractivity contribution in [3.8, 4) is 5.75 Å². The lowest BCUT2D eigenvalue weighted by Crippen LogP contribution is -2.32. The Hall–Kier alpha value is -1.13. The molecular formula is C14H21NO3. The summed E-state index contributed by atoms with van der Waals surface area (Å²) in [6, 6.07) is 1.88. The van der Waals surface area contributed by atoms with Gasteiger partial charge in [0.2, 0.25) is 0 Å². The molecule has 2 rings (SSSR count). The zero-order valence-corrected chi connectivity index (χ0v) is 11.1. The lowest BCUT2D eigenvalue weighted by atomic mass is 9.83. The van der Waals surface area contributed by atoms with Crippen molar-refractivity contribution in [3.63, 3.8) is 0 Å². The predicted octanol–water partition coefficient (Wildman–Crippen LogP) is 2.11. The number of pyridine rings is 1. The first-order chi connectivity index (χ1) is 8.64. The van der Waals surface area contributed by atoms with Gasteiger partial charge in [-0.25, -0.2) is 0 Å². The highest BCUT2D eigenvalue weighted by atomic mass is 16.5. The molecule has 0 spiro atoms. The zero-order valence-electron chi connectivity index (χ0n) is 11.1. The summed E-state index contributed by atoms with van der Waals surface area (Å²) in [5, 5.41) is 10.7. The highest BCUT2D eigenvalue weighted by Crippen LogP contribution is 2.35. The largest absolute Gasteiger partial charge is 0.492 e. The maximum Gasteiger partial charge on any atom is 0.137 e. The monoisotopic (exact) mass is 251 g/mol. The van der Waals surface area contributed by atoms with Crippen LogP contribution in [0.15, 0.2) is 18.5 Å². The minimum absolute atomic E-state index is 0.126. The molecule has 2 heterocycles. The molecule has 1 saturated heterocycles. The summed E-state index contributed by atoms with van der Waals surface area (Å²) in [5.74, 6) is 0.842. The van der Waals surface area contributed by atoms with Crippen molar-refractivity contribution >= 4 is 0 Å². The van der Waals surface area contributed by atoms with Crippen molar-refractivity contribution in [3.05, 3.63) is 24.0 Å². The summed E-state index contributed by atoms with van der Waals surface area (Å²) in [7, 11) is 0. The first kappa shape index (κ1) is 13.3. The Kier molecular flexibility index (Phi) is 4.19. The van der Waals surface area contributed by atoms with Crippen LogP contribution in [0.25, 0.3) is 0 Å². The molecule has 2 unspecified atom stereocenters. The minimum atomic E-state index is -0.908. The van der Waals surface area contributed by atoms with E-state index in [4.69, 9.17) is 9.47 Å². The number of hydrogen-bond acceptors (Lipinski definition) is 4. The molecule has 1 N–H and O–H groups in total. The molecule has 0 aromatic carbocycles. The third kappa shape index (κ3) is 2.82. The van der Waals surface area contributed by atoms with E-state index < -0.39 is 5.60 Å². The van der Waals surface area contributed by atoms with Crippen LogP contribution in [0.3, 0.4) is 0 Å². The lowest BCUT2D eigenvalue weighted by molar-refractivity contribution is -0.0102. The fraction of sp³-hybridized carbons (Fsp3) is 0.643. The Bertz CT molecular complexity index is 386. The van der Waals surface area contributed by atoms with Crippen molar-refractivity contribution in [2.24, 2.45) is 5.92 Å². The van der Waals surface area contributed by atoms with Crippen molar-refractivity contribution in [1.82, 2.24) is 4.98 Å². The number of aromatic nitrogens is 1. The van der Waals surface area contributed by atoms with E-state index >= 15 is 0 Å². The molecule has 18 heavy (non-hydrogen) atoms. The Morgan fingerprint density at radius 1 is 1.56 bits per heavy atom. The third-order valence-corrected chi connectivity index (χ3v) is 3.50. The van der Waals surface area contributed by atoms with E-state index in [1.54, 1.807) is 12.4 Å². The van der Waals surface area contributed by atoms with E-state index in [9.17, 15) is 5.11 Å². The molecule has 0 amide bonds. The molecule has 1 aromatic heterocycles. The molecule has 0 saturated carbocycles. The fourth-order valence-corrected chi connectivity index (χ4v) is 2.21. The van der Waals surface area contributed by atoms with Gasteiger partial charge in [0.15, 0.2) is 0 Å². The van der Waals surface area contributed by atoms with Gasteiger partial charge in [-0.3, -0.25) is 4.98 Å². The Morgan fingerprint density at radius 2 is 2.39 bits per heavy atom. The zero-order chi connectivity index (χ0) is 13.0. The first-order valence-electron chi connectivity index (χ1n) is 6.53. The molecular weight excluding hydrogens is 230 g/mol. The highest BCUT2D eigenvalue weighted by molar-refractivity contribution is 5.28. The van der Waals surface area contributed by atoms with Gasteiger partial charge in [-0.05, 0) is 25.8 Å². The number of rotatable bonds is 5. The van der Waals surface area contributed by atoms with Crippen molar-refractivity contribution in [1.29, 1.82) is 0 Å². The quantitative estimate of drug-likeness (QED) is 0.871. The van der Waals surface area contributed by atoms with E-state index in [2.05, 4.69) is 11.9 Å². The average molecular weight is 251 g/mol. The second-order valence-corrected chi connectivity index (χ2v) is 4.97. The first-order valence-corrected chi connectivity index (χ1v) is 6.53. The number of aliphatic hydroxyl groups is 1. The summed E-state index contributed by atoms with van der Waals surface area (Å²) in [4.78, 5) is 4.15. The Labute approximate surface area is 108 Å². The molecule has 4 nitrogen and oxygen atoms in total. The van der Waals surface area contributed by atoms with E-state index in [0.717, 1.165) is 25.0 Å². The Balaban J connectivity index is 2.15. The van der Waals surface area contributed by atoms with Crippen LogP contribution < -0.4 is 4.74 Å². The van der Waals surface area contributed by atoms with E-state index in [0.29, 0.717) is 19.0 Å². The van der Waals surface area contributed by atoms with Gasteiger partial charge in [-0.1, -0.05) is 6.92 Å². The average Bonchev–Trinajstić information content (AvgIpc) is 2.91. The van der Waals surface area contributed by atoms with Crippen molar-refractivity contribution in [2.75, 3.05) is 19.8 Å². The summed E-state index contributed by atoms with van der Waals surface area (Å²) >= 11 is 0. The van der Waals surface area contributed by atoms with Crippen molar-refractivity contribution in [2.45, 2.75) is 32.3 Å². The number of ether oxygens (including phenoxy) is 2. The van der Waals surface area contributed by atoms with Crippen LogP contribution >= 0.6 is 0 Å². The summed E-state index contributed by atoms with van der Waals surface area (Å²) < 4.78 is 10.9. The summed E-state index contributed by atoms with van der Waals surface area (Å²) in [6.45, 7) is 5.88. The Morgan fingerprint density at radius 3 is 3.06 bits per heavy atom. The molecule has 100 valence electrons. The van der Waals surface area contributed by atoms with E-state index in [1.165, 1.54) is 0 Å². The van der Waals surface area contributed by atoms with Crippen LogP contribution in [-0.4, -0.2) is 29.9 Å². The second kappa shape index (κ2) is 5.67. The summed E-state index contributed by atoms with van der Waals surface area (Å²) in [6.07, 6.45) is 5.22. The summed E-state index contributed by atoms with van der Waals surface area (Å²) in [5.41, 5.74) is -0.110. The molecule has 1 aliphatic heterocycles. The van der Waals surface area contributed by atoms with E-state index in [1.807, 2.05) is 13.0 Å². The highest BCUT2D eigenvalue weighted by Gasteiger charge is 2.36. The van der Waals surface area contributed by atoms with Crippen LogP contribution in [0.1, 0.15) is 32.3 Å². The van der Waals surface area contributed by atoms with E-state index in [-0.39, 0.29) is 5.92 Å². The minimum Gasteiger partial charge on any atom is -0.492 e. The lowest BCUT2D eigenvalue weighted by Gasteiger charge is -2.29. The molecule has 1 aliphatic rings. The van der Waals surface area contributed by atoms with Crippen LogP contribution in [0.2, 0.25) is 0 Å². The second-order valence-electron chi connectivity index (χ2n) is 4.97. The molecule has 0 bridgehead atoms. The van der Waals surface area contributed by atoms with Crippen LogP contribution in [0, 0.1) is 5.92 Å². The molecule has 4 heteroatoms. The van der Waals surface area contributed by atoms with Gasteiger partial charge in [0, 0.05) is 24.3 Å². The maximum absolute atomic E-state index is 10.7. The predicted molar refractivity (Wildman–Crippen MR) is 68.5 cm³/mol. The molecule has 1 fully saturated rings. The van der Waals surface area contributed by atoms with Crippen LogP contribution in [-0.2, 0) is 10.3 Å². The van der Waals surface area contributed by atoms with Gasteiger partial charge in [-0.15, -0.1) is 0 Å². The van der Waals surface area contributed by atoms with Gasteiger partial charge in [0.1, 0.15) is 5.75 Å². The number of nitrogens with zero attached hydrogens (tertiary/aromatic N) is 1. The maximum atomic E-state index is 10.7. The topological polar surface area (TPSA) is 51.6 Å². The number of hydrogen-bond donors (Lipinski definition) is 1. The van der Waals surface area contributed by atoms with Gasteiger partial charge >= 0.3 is 0 Å². The van der Waals surface area contributed by atoms with Gasteiger partial charge < -0.3 is 14.6 Å². The van der Waals surface area contributed by atoms with Gasteiger partial charge in [0.05, 0.1) is 25.0 Å².